The Labute approximate surface area is 154 Å². The zero-order valence-corrected chi connectivity index (χ0v) is 15.4. The molecule has 26 heavy (non-hydrogen) atoms. The van der Waals surface area contributed by atoms with E-state index in [0.717, 1.165) is 30.8 Å². The van der Waals surface area contributed by atoms with Gasteiger partial charge in [0.25, 0.3) is 0 Å². The van der Waals surface area contributed by atoms with Crippen LogP contribution in [0.5, 0.6) is 0 Å². The molecule has 1 saturated heterocycles. The summed E-state index contributed by atoms with van der Waals surface area (Å²) >= 11 is 0. The molecule has 2 heterocycles. The van der Waals surface area contributed by atoms with Crippen LogP contribution < -0.4 is 0 Å². The standard InChI is InChI=1S/C21H26FN3O/c1-16(2)20-15-24(13-18-4-3-10-23-12-18)11-9-21(26)25(20)14-17-5-7-19(22)8-6-17/h3-8,10,12,16,20H,9,11,13-15H2,1-2H3/t20-/m0/s1. The van der Waals surface area contributed by atoms with Gasteiger partial charge in [0.1, 0.15) is 5.82 Å². The highest BCUT2D eigenvalue weighted by molar-refractivity contribution is 5.77. The van der Waals surface area contributed by atoms with Gasteiger partial charge in [0.05, 0.1) is 0 Å². The third kappa shape index (κ3) is 4.67. The van der Waals surface area contributed by atoms with E-state index in [-0.39, 0.29) is 17.8 Å². The van der Waals surface area contributed by atoms with Crippen LogP contribution in [-0.4, -0.2) is 39.8 Å². The maximum atomic E-state index is 13.2. The minimum atomic E-state index is -0.251. The fourth-order valence-electron chi connectivity index (χ4n) is 3.49. The first kappa shape index (κ1) is 18.5. The summed E-state index contributed by atoms with van der Waals surface area (Å²) in [4.78, 5) is 21.3. The van der Waals surface area contributed by atoms with Crippen molar-refractivity contribution in [3.63, 3.8) is 0 Å². The molecule has 4 nitrogen and oxygen atoms in total. The number of nitrogens with zero attached hydrogens (tertiary/aromatic N) is 3. The second-order valence-electron chi connectivity index (χ2n) is 7.31. The monoisotopic (exact) mass is 355 g/mol. The maximum absolute atomic E-state index is 13.2. The average molecular weight is 355 g/mol. The average Bonchev–Trinajstić information content (AvgIpc) is 2.78. The van der Waals surface area contributed by atoms with Gasteiger partial charge in [-0.3, -0.25) is 14.7 Å². The Bertz CT molecular complexity index is 718. The van der Waals surface area contributed by atoms with Crippen molar-refractivity contribution in [3.05, 3.63) is 65.7 Å². The van der Waals surface area contributed by atoms with Gasteiger partial charge < -0.3 is 4.90 Å². The quantitative estimate of drug-likeness (QED) is 0.824. The summed E-state index contributed by atoms with van der Waals surface area (Å²) in [5.41, 5.74) is 2.13. The van der Waals surface area contributed by atoms with E-state index in [1.54, 1.807) is 18.3 Å². The Morgan fingerprint density at radius 1 is 1.15 bits per heavy atom. The molecule has 1 aliphatic heterocycles. The van der Waals surface area contributed by atoms with Gasteiger partial charge in [-0.25, -0.2) is 4.39 Å². The smallest absolute Gasteiger partial charge is 0.224 e. The van der Waals surface area contributed by atoms with Crippen LogP contribution in [0.25, 0.3) is 0 Å². The highest BCUT2D eigenvalue weighted by Gasteiger charge is 2.31. The largest absolute Gasteiger partial charge is 0.334 e. The van der Waals surface area contributed by atoms with E-state index >= 15 is 0 Å². The van der Waals surface area contributed by atoms with Crippen molar-refractivity contribution in [2.45, 2.75) is 39.4 Å². The molecule has 1 aromatic heterocycles. The molecule has 0 saturated carbocycles. The minimum Gasteiger partial charge on any atom is -0.334 e. The third-order valence-electron chi connectivity index (χ3n) is 4.97. The van der Waals surface area contributed by atoms with E-state index in [1.807, 2.05) is 17.2 Å². The van der Waals surface area contributed by atoms with E-state index in [1.165, 1.54) is 12.1 Å². The number of halogens is 1. The Balaban J connectivity index is 1.76. The molecule has 0 radical (unpaired) electrons. The molecule has 0 spiro atoms. The molecule has 0 aliphatic carbocycles. The molecule has 1 amide bonds. The first-order valence-electron chi connectivity index (χ1n) is 9.18. The molecular formula is C21H26FN3O. The zero-order chi connectivity index (χ0) is 18.5. The number of rotatable bonds is 5. The van der Waals surface area contributed by atoms with E-state index in [4.69, 9.17) is 0 Å². The number of carbonyl (C=O) groups excluding carboxylic acids is 1. The summed E-state index contributed by atoms with van der Waals surface area (Å²) in [5, 5.41) is 0. The topological polar surface area (TPSA) is 36.4 Å². The first-order chi connectivity index (χ1) is 12.5. The molecule has 138 valence electrons. The number of benzene rings is 1. The van der Waals surface area contributed by atoms with Crippen molar-refractivity contribution in [2.24, 2.45) is 5.92 Å². The predicted octanol–water partition coefficient (Wildman–Crippen LogP) is 3.48. The van der Waals surface area contributed by atoms with Crippen LogP contribution in [0.1, 0.15) is 31.4 Å². The maximum Gasteiger partial charge on any atom is 0.224 e. The Morgan fingerprint density at radius 2 is 1.92 bits per heavy atom. The highest BCUT2D eigenvalue weighted by atomic mass is 19.1. The molecule has 0 N–H and O–H groups in total. The summed E-state index contributed by atoms with van der Waals surface area (Å²) in [6, 6.07) is 10.6. The molecule has 1 aliphatic rings. The Kier molecular flexibility index (Phi) is 5.99. The van der Waals surface area contributed by atoms with Crippen LogP contribution in [0.15, 0.2) is 48.8 Å². The fourth-order valence-corrected chi connectivity index (χ4v) is 3.49. The van der Waals surface area contributed by atoms with Crippen LogP contribution in [0.4, 0.5) is 4.39 Å². The van der Waals surface area contributed by atoms with Gasteiger partial charge >= 0.3 is 0 Å². The van der Waals surface area contributed by atoms with Crippen molar-refractivity contribution in [3.8, 4) is 0 Å². The van der Waals surface area contributed by atoms with Crippen LogP contribution >= 0.6 is 0 Å². The van der Waals surface area contributed by atoms with Crippen molar-refractivity contribution in [1.29, 1.82) is 0 Å². The summed E-state index contributed by atoms with van der Waals surface area (Å²) in [6.07, 6.45) is 4.16. The minimum absolute atomic E-state index is 0.131. The second kappa shape index (κ2) is 8.41. The number of aromatic nitrogens is 1. The van der Waals surface area contributed by atoms with Crippen LogP contribution in [-0.2, 0) is 17.9 Å². The van der Waals surface area contributed by atoms with Crippen LogP contribution in [0.3, 0.4) is 0 Å². The number of hydrogen-bond donors (Lipinski definition) is 0. The van der Waals surface area contributed by atoms with Gasteiger partial charge in [-0.15, -0.1) is 0 Å². The van der Waals surface area contributed by atoms with E-state index in [0.29, 0.717) is 18.9 Å². The zero-order valence-electron chi connectivity index (χ0n) is 15.4. The van der Waals surface area contributed by atoms with Crippen LogP contribution in [0, 0.1) is 11.7 Å². The third-order valence-corrected chi connectivity index (χ3v) is 4.97. The van der Waals surface area contributed by atoms with E-state index in [9.17, 15) is 9.18 Å². The van der Waals surface area contributed by atoms with Gasteiger partial charge in [0.15, 0.2) is 0 Å². The van der Waals surface area contributed by atoms with Gasteiger partial charge in [0, 0.05) is 51.0 Å². The molecule has 3 rings (SSSR count). The van der Waals surface area contributed by atoms with Gasteiger partial charge in [-0.2, -0.15) is 0 Å². The summed E-state index contributed by atoms with van der Waals surface area (Å²) < 4.78 is 13.2. The van der Waals surface area contributed by atoms with E-state index in [2.05, 4.69) is 29.8 Å². The summed E-state index contributed by atoms with van der Waals surface area (Å²) in [6.45, 7) is 7.22. The molecule has 2 aromatic rings. The Morgan fingerprint density at radius 3 is 2.58 bits per heavy atom. The molecule has 1 aromatic carbocycles. The second-order valence-corrected chi connectivity index (χ2v) is 7.31. The normalized spacial score (nSPS) is 19.0. The predicted molar refractivity (Wildman–Crippen MR) is 99.7 cm³/mol. The molecule has 5 heteroatoms. The number of carbonyl (C=O) groups is 1. The number of pyridine rings is 1. The summed E-state index contributed by atoms with van der Waals surface area (Å²) in [7, 11) is 0. The Hall–Kier alpha value is -2.27. The lowest BCUT2D eigenvalue weighted by Gasteiger charge is -2.35. The summed E-state index contributed by atoms with van der Waals surface area (Å²) in [5.74, 6) is 0.259. The number of hydrogen-bond acceptors (Lipinski definition) is 3. The van der Waals surface area contributed by atoms with Gasteiger partial charge in [0.2, 0.25) is 5.91 Å². The van der Waals surface area contributed by atoms with Crippen LogP contribution in [0.2, 0.25) is 0 Å². The van der Waals surface area contributed by atoms with Crippen molar-refractivity contribution in [2.75, 3.05) is 13.1 Å². The lowest BCUT2D eigenvalue weighted by molar-refractivity contribution is -0.134. The molecular weight excluding hydrogens is 329 g/mol. The van der Waals surface area contributed by atoms with Gasteiger partial charge in [-0.1, -0.05) is 32.0 Å². The molecule has 0 unspecified atom stereocenters. The van der Waals surface area contributed by atoms with E-state index < -0.39 is 0 Å². The fraction of sp³-hybridized carbons (Fsp3) is 0.429. The molecule has 1 atom stereocenters. The van der Waals surface area contributed by atoms with Crippen molar-refractivity contribution >= 4 is 5.91 Å². The molecule has 0 bridgehead atoms. The lowest BCUT2D eigenvalue weighted by atomic mass is 10.0. The highest BCUT2D eigenvalue weighted by Crippen LogP contribution is 2.22. The SMILES string of the molecule is CC(C)[C@@H]1CN(Cc2cccnc2)CCC(=O)N1Cc1ccc(F)cc1. The number of amides is 1. The van der Waals surface area contributed by atoms with Crippen molar-refractivity contribution in [1.82, 2.24) is 14.8 Å². The molecule has 1 fully saturated rings. The first-order valence-corrected chi connectivity index (χ1v) is 9.18. The van der Waals surface area contributed by atoms with Crippen molar-refractivity contribution < 1.29 is 9.18 Å². The lowest BCUT2D eigenvalue weighted by Crippen LogP contribution is -2.45. The van der Waals surface area contributed by atoms with Gasteiger partial charge in [-0.05, 0) is 35.2 Å².